The fraction of sp³-hybridized carbons (Fsp3) is 0.231. The van der Waals surface area contributed by atoms with E-state index >= 15 is 0 Å². The number of ether oxygens (including phenoxy) is 1. The first-order valence-corrected chi connectivity index (χ1v) is 7.88. The number of hydrogen-bond acceptors (Lipinski definition) is 3. The highest BCUT2D eigenvalue weighted by Gasteiger charge is 2.18. The highest BCUT2D eigenvalue weighted by Crippen LogP contribution is 2.39. The fourth-order valence-corrected chi connectivity index (χ4v) is 3.74. The average Bonchev–Trinajstić information content (AvgIpc) is 2.70. The van der Waals surface area contributed by atoms with Crippen molar-refractivity contribution in [1.29, 1.82) is 0 Å². The molecule has 1 aromatic carbocycles. The van der Waals surface area contributed by atoms with E-state index in [4.69, 9.17) is 4.74 Å². The van der Waals surface area contributed by atoms with Crippen molar-refractivity contribution in [3.8, 4) is 5.75 Å². The van der Waals surface area contributed by atoms with E-state index < -0.39 is 6.10 Å². The molecule has 2 nitrogen and oxygen atoms in total. The molecule has 5 heteroatoms. The Kier molecular flexibility index (Phi) is 4.84. The maximum Gasteiger partial charge on any atom is 0.125 e. The van der Waals surface area contributed by atoms with Crippen LogP contribution in [0.1, 0.15) is 23.5 Å². The van der Waals surface area contributed by atoms with Gasteiger partial charge in [-0.2, -0.15) is 0 Å². The van der Waals surface area contributed by atoms with Crippen LogP contribution in [0.15, 0.2) is 38.6 Å². The number of aliphatic hydroxyl groups excluding tert-OH is 1. The highest BCUT2D eigenvalue weighted by molar-refractivity contribution is 9.13. The number of hydrogen-bond donors (Lipinski definition) is 1. The summed E-state index contributed by atoms with van der Waals surface area (Å²) in [7, 11) is 0. The summed E-state index contributed by atoms with van der Waals surface area (Å²) in [6, 6.07) is 9.49. The number of rotatable bonds is 4. The van der Waals surface area contributed by atoms with Crippen LogP contribution >= 0.6 is 43.2 Å². The highest BCUT2D eigenvalue weighted by atomic mass is 79.9. The summed E-state index contributed by atoms with van der Waals surface area (Å²) in [5, 5.41) is 10.4. The van der Waals surface area contributed by atoms with Crippen LogP contribution in [0.2, 0.25) is 0 Å². The maximum atomic E-state index is 10.4. The third-order valence-electron chi connectivity index (χ3n) is 2.45. The molecule has 0 radical (unpaired) electrons. The smallest absolute Gasteiger partial charge is 0.125 e. The third-order valence-corrected chi connectivity index (χ3v) is 5.76. The van der Waals surface area contributed by atoms with Crippen molar-refractivity contribution < 1.29 is 9.84 Å². The summed E-state index contributed by atoms with van der Waals surface area (Å²) in [6.07, 6.45) is -0.666. The molecule has 0 bridgehead atoms. The summed E-state index contributed by atoms with van der Waals surface area (Å²) in [5.41, 5.74) is 0.792. The molecule has 1 heterocycles. The summed E-state index contributed by atoms with van der Waals surface area (Å²) in [6.45, 7) is 2.52. The van der Waals surface area contributed by atoms with E-state index in [2.05, 4.69) is 31.9 Å². The first-order valence-electron chi connectivity index (χ1n) is 5.48. The van der Waals surface area contributed by atoms with Gasteiger partial charge in [0.1, 0.15) is 11.9 Å². The molecular formula is C13H12Br2O2S. The number of aliphatic hydroxyl groups is 1. The van der Waals surface area contributed by atoms with Gasteiger partial charge in [-0.25, -0.2) is 0 Å². The summed E-state index contributed by atoms with van der Waals surface area (Å²) in [4.78, 5) is 0.876. The van der Waals surface area contributed by atoms with Crippen molar-refractivity contribution >= 4 is 43.2 Å². The topological polar surface area (TPSA) is 29.5 Å². The minimum absolute atomic E-state index is 0.585. The van der Waals surface area contributed by atoms with Gasteiger partial charge in [-0.05, 0) is 50.9 Å². The fourth-order valence-electron chi connectivity index (χ4n) is 1.64. The van der Waals surface area contributed by atoms with Gasteiger partial charge in [0.15, 0.2) is 0 Å². The standard InChI is InChI=1S/C13H12Br2O2S/c1-2-17-10-6-4-3-5-8(10)12(16)11-7-9(14)13(15)18-11/h3-7,12,16H,2H2,1H3. The molecule has 0 aliphatic carbocycles. The largest absolute Gasteiger partial charge is 0.493 e. The number of benzene rings is 1. The predicted molar refractivity (Wildman–Crippen MR) is 81.4 cm³/mol. The van der Waals surface area contributed by atoms with Gasteiger partial charge in [0.2, 0.25) is 0 Å². The van der Waals surface area contributed by atoms with Crippen LogP contribution in [-0.4, -0.2) is 11.7 Å². The van der Waals surface area contributed by atoms with Gasteiger partial charge >= 0.3 is 0 Å². The van der Waals surface area contributed by atoms with Crippen LogP contribution in [0.4, 0.5) is 0 Å². The molecule has 2 aromatic rings. The molecule has 96 valence electrons. The normalized spacial score (nSPS) is 12.4. The van der Waals surface area contributed by atoms with E-state index in [9.17, 15) is 5.11 Å². The van der Waals surface area contributed by atoms with Crippen LogP contribution in [0.5, 0.6) is 5.75 Å². The lowest BCUT2D eigenvalue weighted by molar-refractivity contribution is 0.215. The minimum atomic E-state index is -0.666. The Balaban J connectivity index is 2.36. The predicted octanol–water partition coefficient (Wildman–Crippen LogP) is 4.75. The van der Waals surface area contributed by atoms with Crippen molar-refractivity contribution in [3.63, 3.8) is 0 Å². The third kappa shape index (κ3) is 2.96. The second-order valence-corrected chi connectivity index (χ2v) is 6.90. The lowest BCUT2D eigenvalue weighted by Gasteiger charge is -2.14. The molecule has 18 heavy (non-hydrogen) atoms. The van der Waals surface area contributed by atoms with E-state index in [1.54, 1.807) is 0 Å². The molecule has 0 amide bonds. The number of halogens is 2. The van der Waals surface area contributed by atoms with Crippen LogP contribution in [0, 0.1) is 0 Å². The SMILES string of the molecule is CCOc1ccccc1C(O)c1cc(Br)c(Br)s1. The van der Waals surface area contributed by atoms with Crippen LogP contribution in [-0.2, 0) is 0 Å². The van der Waals surface area contributed by atoms with Crippen LogP contribution in [0.25, 0.3) is 0 Å². The van der Waals surface area contributed by atoms with Crippen LogP contribution < -0.4 is 4.74 Å². The first kappa shape index (κ1) is 14.1. The lowest BCUT2D eigenvalue weighted by atomic mass is 10.1. The second kappa shape index (κ2) is 6.19. The molecule has 0 aliphatic rings. The van der Waals surface area contributed by atoms with Crippen molar-refractivity contribution in [2.75, 3.05) is 6.61 Å². The molecule has 2 rings (SSSR count). The molecule has 1 atom stereocenters. The zero-order valence-electron chi connectivity index (χ0n) is 9.69. The van der Waals surface area contributed by atoms with Crippen molar-refractivity contribution in [2.24, 2.45) is 0 Å². The molecule has 0 saturated carbocycles. The Labute approximate surface area is 127 Å². The summed E-state index contributed by atoms with van der Waals surface area (Å²) in [5.74, 6) is 0.730. The van der Waals surface area contributed by atoms with Gasteiger partial charge in [0.25, 0.3) is 0 Å². The first-order chi connectivity index (χ1) is 8.63. The summed E-state index contributed by atoms with van der Waals surface area (Å²) < 4.78 is 7.47. The Morgan fingerprint density at radius 3 is 2.67 bits per heavy atom. The molecule has 1 N–H and O–H groups in total. The van der Waals surface area contributed by atoms with E-state index in [-0.39, 0.29) is 0 Å². The van der Waals surface area contributed by atoms with Crippen molar-refractivity contribution in [3.05, 3.63) is 49.0 Å². The van der Waals surface area contributed by atoms with Gasteiger partial charge in [-0.1, -0.05) is 18.2 Å². The quantitative estimate of drug-likeness (QED) is 0.814. The average molecular weight is 392 g/mol. The van der Waals surface area contributed by atoms with Gasteiger partial charge in [-0.15, -0.1) is 11.3 Å². The molecule has 1 unspecified atom stereocenters. The second-order valence-electron chi connectivity index (χ2n) is 3.64. The van der Waals surface area contributed by atoms with E-state index in [1.807, 2.05) is 37.3 Å². The number of thiophene rings is 1. The molecular weight excluding hydrogens is 380 g/mol. The van der Waals surface area contributed by atoms with Crippen molar-refractivity contribution in [1.82, 2.24) is 0 Å². The van der Waals surface area contributed by atoms with Crippen LogP contribution in [0.3, 0.4) is 0 Å². The number of para-hydroxylation sites is 1. The van der Waals surface area contributed by atoms with Gasteiger partial charge in [0, 0.05) is 14.9 Å². The minimum Gasteiger partial charge on any atom is -0.493 e. The Morgan fingerprint density at radius 2 is 2.06 bits per heavy atom. The molecule has 0 saturated heterocycles. The molecule has 0 spiro atoms. The van der Waals surface area contributed by atoms with Gasteiger partial charge < -0.3 is 9.84 Å². The van der Waals surface area contributed by atoms with E-state index in [0.29, 0.717) is 6.61 Å². The zero-order chi connectivity index (χ0) is 13.1. The maximum absolute atomic E-state index is 10.4. The van der Waals surface area contributed by atoms with E-state index in [1.165, 1.54) is 11.3 Å². The summed E-state index contributed by atoms with van der Waals surface area (Å²) >= 11 is 8.37. The zero-order valence-corrected chi connectivity index (χ0v) is 13.7. The monoisotopic (exact) mass is 390 g/mol. The Bertz CT molecular complexity index is 520. The van der Waals surface area contributed by atoms with Crippen molar-refractivity contribution in [2.45, 2.75) is 13.0 Å². The van der Waals surface area contributed by atoms with Gasteiger partial charge in [0.05, 0.1) is 10.4 Å². The lowest BCUT2D eigenvalue weighted by Crippen LogP contribution is -2.02. The molecule has 0 aliphatic heterocycles. The molecule has 0 fully saturated rings. The molecule has 1 aromatic heterocycles. The Morgan fingerprint density at radius 1 is 1.33 bits per heavy atom. The van der Waals surface area contributed by atoms with E-state index in [0.717, 1.165) is 24.4 Å². The van der Waals surface area contributed by atoms with Gasteiger partial charge in [-0.3, -0.25) is 0 Å². The Hall–Kier alpha value is -0.360.